The van der Waals surface area contributed by atoms with E-state index in [-0.39, 0.29) is 10.5 Å². The number of piperidine rings is 1. The smallest absolute Gasteiger partial charge is 0.424 e. The van der Waals surface area contributed by atoms with E-state index in [1.807, 2.05) is 0 Å². The van der Waals surface area contributed by atoms with Crippen LogP contribution in [-0.4, -0.2) is 68.2 Å². The summed E-state index contributed by atoms with van der Waals surface area (Å²) in [5, 5.41) is 11.3. The molecule has 1 aromatic carbocycles. The van der Waals surface area contributed by atoms with Crippen LogP contribution in [0.1, 0.15) is 54.8 Å². The fourth-order valence-electron chi connectivity index (χ4n) is 3.53. The van der Waals surface area contributed by atoms with Gasteiger partial charge in [-0.2, -0.15) is 4.90 Å². The highest BCUT2D eigenvalue weighted by molar-refractivity contribution is 6.26. The Morgan fingerprint density at radius 3 is 2.27 bits per heavy atom. The maximum absolute atomic E-state index is 13.1. The van der Waals surface area contributed by atoms with E-state index < -0.39 is 76.0 Å². The Balaban J connectivity index is 2.05. The van der Waals surface area contributed by atoms with Crippen LogP contribution in [0.4, 0.5) is 10.5 Å². The first-order valence-electron chi connectivity index (χ1n) is 9.68. The van der Waals surface area contributed by atoms with Gasteiger partial charge in [0.15, 0.2) is 6.10 Å². The number of benzene rings is 1. The molecule has 2 aliphatic rings. The maximum Gasteiger partial charge on any atom is 0.424 e. The topological polar surface area (TPSA) is 170 Å². The first-order chi connectivity index (χ1) is 15.2. The van der Waals surface area contributed by atoms with Crippen molar-refractivity contribution in [1.82, 2.24) is 9.80 Å². The summed E-state index contributed by atoms with van der Waals surface area (Å²) in [4.78, 5) is 86.9. The molecule has 0 spiro atoms. The van der Waals surface area contributed by atoms with E-state index in [0.717, 1.165) is 13.0 Å². The van der Waals surface area contributed by atoms with Gasteiger partial charge in [0.2, 0.25) is 0 Å². The van der Waals surface area contributed by atoms with Crippen molar-refractivity contribution in [3.8, 4) is 0 Å². The van der Waals surface area contributed by atoms with E-state index in [1.165, 1.54) is 32.9 Å². The quantitative estimate of drug-likeness (QED) is 0.275. The second-order valence-electron chi connectivity index (χ2n) is 8.28. The molecule has 0 aliphatic carbocycles. The lowest BCUT2D eigenvalue weighted by atomic mass is 9.99. The monoisotopic (exact) mass is 461 g/mol. The molecule has 13 nitrogen and oxygen atoms in total. The molecular weight excluding hydrogens is 442 g/mol. The van der Waals surface area contributed by atoms with E-state index in [2.05, 4.69) is 0 Å². The second kappa shape index (κ2) is 8.07. The Labute approximate surface area is 186 Å². The van der Waals surface area contributed by atoms with Crippen LogP contribution in [0.2, 0.25) is 0 Å². The van der Waals surface area contributed by atoms with Crippen LogP contribution in [0.25, 0.3) is 0 Å². The Kier molecular flexibility index (Phi) is 5.75. The number of nitrogens with zero attached hydrogens (tertiary/aromatic N) is 3. The maximum atomic E-state index is 13.1. The van der Waals surface area contributed by atoms with E-state index in [0.29, 0.717) is 4.90 Å². The highest BCUT2D eigenvalue weighted by Crippen LogP contribution is 2.35. The predicted octanol–water partition coefficient (Wildman–Crippen LogP) is 1.19. The number of nitro groups is 1. The van der Waals surface area contributed by atoms with Crippen LogP contribution in [0.3, 0.4) is 0 Å². The number of rotatable bonds is 3. The number of likely N-dealkylation sites (tertiary alicyclic amines) is 1. The summed E-state index contributed by atoms with van der Waals surface area (Å²) in [6.07, 6.45) is -3.70. The molecular formula is C20H19N3O10. The first kappa shape index (κ1) is 23.5. The Bertz CT molecular complexity index is 1120. The summed E-state index contributed by atoms with van der Waals surface area (Å²) in [7, 11) is 0. The van der Waals surface area contributed by atoms with Gasteiger partial charge >= 0.3 is 12.1 Å². The average molecular weight is 461 g/mol. The number of ether oxygens (including phenoxy) is 2. The highest BCUT2D eigenvalue weighted by atomic mass is 16.6. The van der Waals surface area contributed by atoms with Crippen molar-refractivity contribution in [2.75, 3.05) is 0 Å². The van der Waals surface area contributed by atoms with Gasteiger partial charge in [0.25, 0.3) is 29.3 Å². The standard InChI is InChI=1S/C20H19N3O10/c1-9(24)32-13-8-12(16(26)22(17(13)27)19(29)33-20(2,3)4)21-15(25)10-6-5-7-11(23(30)31)14(10)18(21)28/h5-7,12-13H,8H2,1-4H3. The summed E-state index contributed by atoms with van der Waals surface area (Å²) in [5.41, 5.74) is -2.59. The number of hydrogen-bond donors (Lipinski definition) is 0. The largest absolute Gasteiger partial charge is 0.452 e. The number of fused-ring (bicyclic) bond motifs is 1. The first-order valence-corrected chi connectivity index (χ1v) is 9.68. The zero-order chi connectivity index (χ0) is 24.8. The lowest BCUT2D eigenvalue weighted by molar-refractivity contribution is -0.385. The van der Waals surface area contributed by atoms with Crippen LogP contribution < -0.4 is 0 Å². The molecule has 1 saturated heterocycles. The molecule has 0 bridgehead atoms. The van der Waals surface area contributed by atoms with Crippen molar-refractivity contribution >= 4 is 41.4 Å². The molecule has 0 N–H and O–H groups in total. The molecule has 0 saturated carbocycles. The van der Waals surface area contributed by atoms with Crippen LogP contribution in [0, 0.1) is 10.1 Å². The lowest BCUT2D eigenvalue weighted by Gasteiger charge is -2.37. The number of esters is 1. The third kappa shape index (κ3) is 4.16. The van der Waals surface area contributed by atoms with Gasteiger partial charge < -0.3 is 9.47 Å². The van der Waals surface area contributed by atoms with Crippen molar-refractivity contribution in [3.05, 3.63) is 39.4 Å². The molecule has 2 atom stereocenters. The molecule has 3 rings (SSSR count). The van der Waals surface area contributed by atoms with Gasteiger partial charge in [-0.25, -0.2) is 4.79 Å². The highest BCUT2D eigenvalue weighted by Gasteiger charge is 2.54. The van der Waals surface area contributed by atoms with Crippen LogP contribution in [0.5, 0.6) is 0 Å². The van der Waals surface area contributed by atoms with Crippen LogP contribution >= 0.6 is 0 Å². The van der Waals surface area contributed by atoms with E-state index >= 15 is 0 Å². The molecule has 1 fully saturated rings. The van der Waals surface area contributed by atoms with Gasteiger partial charge in [0, 0.05) is 19.4 Å². The molecule has 0 aromatic heterocycles. The Morgan fingerprint density at radius 2 is 1.73 bits per heavy atom. The van der Waals surface area contributed by atoms with Gasteiger partial charge in [0.05, 0.1) is 10.5 Å². The van der Waals surface area contributed by atoms with Crippen molar-refractivity contribution in [1.29, 1.82) is 0 Å². The van der Waals surface area contributed by atoms with Crippen molar-refractivity contribution in [2.24, 2.45) is 0 Å². The SMILES string of the molecule is CC(=O)OC1CC(N2C(=O)c3cccc([N+](=O)[O-])c3C2=O)C(=O)N(C(=O)OC(C)(C)C)C1=O. The molecule has 2 aliphatic heterocycles. The summed E-state index contributed by atoms with van der Waals surface area (Å²) >= 11 is 0. The summed E-state index contributed by atoms with van der Waals surface area (Å²) < 4.78 is 9.99. The number of nitro benzene ring substituents is 1. The minimum absolute atomic E-state index is 0.0744. The number of carbonyl (C=O) groups is 6. The van der Waals surface area contributed by atoms with Crippen LogP contribution in [0.15, 0.2) is 18.2 Å². The number of hydrogen-bond acceptors (Lipinski definition) is 10. The van der Waals surface area contributed by atoms with Crippen molar-refractivity contribution < 1.29 is 43.2 Å². The molecule has 5 amide bonds. The predicted molar refractivity (Wildman–Crippen MR) is 106 cm³/mol. The molecule has 1 aromatic rings. The summed E-state index contributed by atoms with van der Waals surface area (Å²) in [5.74, 6) is -5.57. The fraction of sp³-hybridized carbons (Fsp3) is 0.400. The molecule has 13 heteroatoms. The lowest BCUT2D eigenvalue weighted by Crippen LogP contribution is -2.63. The van der Waals surface area contributed by atoms with Crippen molar-refractivity contribution in [3.63, 3.8) is 0 Å². The van der Waals surface area contributed by atoms with E-state index in [9.17, 15) is 38.9 Å². The zero-order valence-corrected chi connectivity index (χ0v) is 18.0. The molecule has 33 heavy (non-hydrogen) atoms. The minimum Gasteiger partial charge on any atom is -0.452 e. The third-order valence-corrected chi connectivity index (χ3v) is 4.76. The van der Waals surface area contributed by atoms with E-state index in [4.69, 9.17) is 9.47 Å². The van der Waals surface area contributed by atoms with Gasteiger partial charge in [-0.05, 0) is 26.8 Å². The number of amides is 5. The Morgan fingerprint density at radius 1 is 1.09 bits per heavy atom. The zero-order valence-electron chi connectivity index (χ0n) is 18.0. The second-order valence-corrected chi connectivity index (χ2v) is 8.28. The van der Waals surface area contributed by atoms with Gasteiger partial charge in [-0.3, -0.25) is 39.0 Å². The molecule has 0 radical (unpaired) electrons. The number of carbonyl (C=O) groups excluding carboxylic acids is 6. The van der Waals surface area contributed by atoms with Crippen LogP contribution in [-0.2, 0) is 23.9 Å². The molecule has 174 valence electrons. The fourth-order valence-corrected chi connectivity index (χ4v) is 3.53. The normalized spacial score (nSPS) is 20.6. The number of imide groups is 4. The summed E-state index contributed by atoms with van der Waals surface area (Å²) in [6, 6.07) is 1.64. The molecule has 2 unspecified atom stereocenters. The Hall–Kier alpha value is -4.16. The molecule has 2 heterocycles. The van der Waals surface area contributed by atoms with Gasteiger partial charge in [0.1, 0.15) is 17.2 Å². The van der Waals surface area contributed by atoms with Gasteiger partial charge in [-0.15, -0.1) is 0 Å². The van der Waals surface area contributed by atoms with Crippen molar-refractivity contribution in [2.45, 2.75) is 51.9 Å². The van der Waals surface area contributed by atoms with E-state index in [1.54, 1.807) is 0 Å². The van der Waals surface area contributed by atoms with Gasteiger partial charge in [-0.1, -0.05) is 6.07 Å². The summed E-state index contributed by atoms with van der Waals surface area (Å²) in [6.45, 7) is 5.43. The minimum atomic E-state index is -1.76. The average Bonchev–Trinajstić information content (AvgIpc) is 2.93. The third-order valence-electron chi connectivity index (χ3n) is 4.76.